The second-order valence-corrected chi connectivity index (χ2v) is 8.78. The third-order valence-electron chi connectivity index (χ3n) is 3.82. The molecule has 0 aliphatic carbocycles. The van der Waals surface area contributed by atoms with E-state index in [0.717, 1.165) is 15.9 Å². The molecule has 0 aliphatic rings. The van der Waals surface area contributed by atoms with Crippen LogP contribution in [0.2, 0.25) is 5.02 Å². The summed E-state index contributed by atoms with van der Waals surface area (Å²) in [6.45, 7) is -0.541. The standard InChI is InChI=1S/C19H20ClN3O6S/c1-23(2)30(27,28)14-8-9-16(20)15(10-14)18(25)29-12-17(24)22-19(26)21-11-13-6-4-3-5-7-13/h3-10H,11-12H2,1-2H3,(H2,21,22,24,26). The molecular formula is C19H20ClN3O6S. The van der Waals surface area contributed by atoms with Crippen molar-refractivity contribution in [2.45, 2.75) is 11.4 Å². The fourth-order valence-electron chi connectivity index (χ4n) is 2.23. The number of hydrogen-bond acceptors (Lipinski definition) is 6. The Bertz CT molecular complexity index is 1040. The number of carbonyl (C=O) groups excluding carboxylic acids is 3. The minimum Gasteiger partial charge on any atom is -0.452 e. The molecule has 0 spiro atoms. The third kappa shape index (κ3) is 6.28. The molecule has 160 valence electrons. The summed E-state index contributed by atoms with van der Waals surface area (Å²) in [5.41, 5.74) is 0.620. The van der Waals surface area contributed by atoms with Gasteiger partial charge in [0.1, 0.15) is 0 Å². The lowest BCUT2D eigenvalue weighted by Gasteiger charge is -2.13. The molecule has 30 heavy (non-hydrogen) atoms. The van der Waals surface area contributed by atoms with Crippen molar-refractivity contribution < 1.29 is 27.5 Å². The number of benzene rings is 2. The zero-order valence-electron chi connectivity index (χ0n) is 16.2. The normalized spacial score (nSPS) is 11.1. The molecule has 9 nitrogen and oxygen atoms in total. The Hall–Kier alpha value is -2.95. The summed E-state index contributed by atoms with van der Waals surface area (Å²) in [6.07, 6.45) is 0. The topological polar surface area (TPSA) is 122 Å². The number of amides is 3. The van der Waals surface area contributed by atoms with Gasteiger partial charge >= 0.3 is 12.0 Å². The Morgan fingerprint density at radius 2 is 1.73 bits per heavy atom. The summed E-state index contributed by atoms with van der Waals surface area (Å²) in [7, 11) is -1.11. The molecule has 0 fully saturated rings. The Labute approximate surface area is 179 Å². The van der Waals surface area contributed by atoms with Crippen molar-refractivity contribution in [3.05, 3.63) is 64.7 Å². The number of nitrogens with zero attached hydrogens (tertiary/aromatic N) is 1. The molecule has 2 N–H and O–H groups in total. The van der Waals surface area contributed by atoms with Crippen LogP contribution in [0, 0.1) is 0 Å². The van der Waals surface area contributed by atoms with E-state index in [1.54, 1.807) is 12.1 Å². The molecular weight excluding hydrogens is 434 g/mol. The van der Waals surface area contributed by atoms with Gasteiger partial charge in [0.2, 0.25) is 10.0 Å². The first kappa shape index (κ1) is 23.3. The highest BCUT2D eigenvalue weighted by molar-refractivity contribution is 7.89. The van der Waals surface area contributed by atoms with Crippen molar-refractivity contribution in [2.75, 3.05) is 20.7 Å². The van der Waals surface area contributed by atoms with Gasteiger partial charge in [-0.1, -0.05) is 41.9 Å². The highest BCUT2D eigenvalue weighted by Gasteiger charge is 2.22. The highest BCUT2D eigenvalue weighted by Crippen LogP contribution is 2.22. The summed E-state index contributed by atoms with van der Waals surface area (Å²) in [5, 5.41) is 4.47. The van der Waals surface area contributed by atoms with Crippen LogP contribution in [0.5, 0.6) is 0 Å². The number of imide groups is 1. The molecule has 2 aromatic rings. The van der Waals surface area contributed by atoms with Crippen molar-refractivity contribution in [3.8, 4) is 0 Å². The van der Waals surface area contributed by atoms with Gasteiger partial charge in [-0.25, -0.2) is 22.3 Å². The first-order chi connectivity index (χ1) is 14.1. The SMILES string of the molecule is CN(C)S(=O)(=O)c1ccc(Cl)c(C(=O)OCC(=O)NC(=O)NCc2ccccc2)c1. The molecule has 2 rings (SSSR count). The average Bonchev–Trinajstić information content (AvgIpc) is 2.71. The number of nitrogens with one attached hydrogen (secondary N) is 2. The summed E-state index contributed by atoms with van der Waals surface area (Å²) in [4.78, 5) is 35.6. The number of sulfonamides is 1. The van der Waals surface area contributed by atoms with Gasteiger partial charge < -0.3 is 10.1 Å². The van der Waals surface area contributed by atoms with Gasteiger partial charge in [-0.15, -0.1) is 0 Å². The van der Waals surface area contributed by atoms with E-state index in [1.807, 2.05) is 23.5 Å². The van der Waals surface area contributed by atoms with Crippen LogP contribution < -0.4 is 10.6 Å². The molecule has 0 heterocycles. The van der Waals surface area contributed by atoms with Crippen LogP contribution in [-0.4, -0.2) is 51.3 Å². The molecule has 0 aliphatic heterocycles. The molecule has 0 radical (unpaired) electrons. The molecule has 3 amide bonds. The van der Waals surface area contributed by atoms with E-state index >= 15 is 0 Å². The van der Waals surface area contributed by atoms with E-state index in [9.17, 15) is 22.8 Å². The van der Waals surface area contributed by atoms with E-state index < -0.39 is 34.5 Å². The second-order valence-electron chi connectivity index (χ2n) is 6.22. The zero-order chi connectivity index (χ0) is 22.3. The lowest BCUT2D eigenvalue weighted by Crippen LogP contribution is -2.41. The van der Waals surface area contributed by atoms with Crippen molar-refractivity contribution in [1.82, 2.24) is 14.9 Å². The van der Waals surface area contributed by atoms with Crippen molar-refractivity contribution in [2.24, 2.45) is 0 Å². The van der Waals surface area contributed by atoms with E-state index in [2.05, 4.69) is 5.32 Å². The summed E-state index contributed by atoms with van der Waals surface area (Å²) in [5.74, 6) is -1.86. The van der Waals surface area contributed by atoms with E-state index in [1.165, 1.54) is 26.2 Å². The number of hydrogen-bond donors (Lipinski definition) is 2. The van der Waals surface area contributed by atoms with Crippen molar-refractivity contribution >= 4 is 39.5 Å². The lowest BCUT2D eigenvalue weighted by atomic mass is 10.2. The minimum absolute atomic E-state index is 0.0429. The van der Waals surface area contributed by atoms with Crippen LogP contribution >= 0.6 is 11.6 Å². The Morgan fingerprint density at radius 1 is 1.07 bits per heavy atom. The van der Waals surface area contributed by atoms with E-state index in [4.69, 9.17) is 16.3 Å². The van der Waals surface area contributed by atoms with Crippen molar-refractivity contribution in [3.63, 3.8) is 0 Å². The second kappa shape index (κ2) is 10.2. The van der Waals surface area contributed by atoms with Gasteiger partial charge in [0, 0.05) is 20.6 Å². The average molecular weight is 454 g/mol. The molecule has 0 unspecified atom stereocenters. The number of urea groups is 1. The quantitative estimate of drug-likeness (QED) is 0.616. The van der Waals surface area contributed by atoms with Crippen LogP contribution in [0.15, 0.2) is 53.4 Å². The van der Waals surface area contributed by atoms with Crippen LogP contribution in [0.25, 0.3) is 0 Å². The predicted octanol–water partition coefficient (Wildman–Crippen LogP) is 1.77. The first-order valence-electron chi connectivity index (χ1n) is 8.62. The largest absolute Gasteiger partial charge is 0.452 e. The van der Waals surface area contributed by atoms with Gasteiger partial charge in [-0.2, -0.15) is 0 Å². The monoisotopic (exact) mass is 453 g/mol. The third-order valence-corrected chi connectivity index (χ3v) is 5.96. The van der Waals surface area contributed by atoms with Gasteiger partial charge in [-0.3, -0.25) is 10.1 Å². The highest BCUT2D eigenvalue weighted by atomic mass is 35.5. The summed E-state index contributed by atoms with van der Waals surface area (Å²) in [6, 6.07) is 11.9. The van der Waals surface area contributed by atoms with Crippen molar-refractivity contribution in [1.29, 1.82) is 0 Å². The maximum atomic E-state index is 12.2. The number of carbonyl (C=O) groups is 3. The molecule has 0 aromatic heterocycles. The fourth-order valence-corrected chi connectivity index (χ4v) is 3.35. The molecule has 2 aromatic carbocycles. The van der Waals surface area contributed by atoms with Gasteiger partial charge in [-0.05, 0) is 23.8 Å². The fraction of sp³-hybridized carbons (Fsp3) is 0.211. The summed E-state index contributed by atoms with van der Waals surface area (Å²) >= 11 is 5.95. The maximum absolute atomic E-state index is 12.2. The number of halogens is 1. The van der Waals surface area contributed by atoms with E-state index in [-0.39, 0.29) is 22.0 Å². The Balaban J connectivity index is 1.92. The molecule has 0 atom stereocenters. The van der Waals surface area contributed by atoms with Crippen LogP contribution in [0.1, 0.15) is 15.9 Å². The Kier molecular flexibility index (Phi) is 7.93. The Morgan fingerprint density at radius 3 is 2.37 bits per heavy atom. The molecule has 11 heteroatoms. The number of rotatable bonds is 7. The zero-order valence-corrected chi connectivity index (χ0v) is 17.8. The molecule has 0 bridgehead atoms. The smallest absolute Gasteiger partial charge is 0.340 e. The van der Waals surface area contributed by atoms with Crippen LogP contribution in [0.3, 0.4) is 0 Å². The predicted molar refractivity (Wildman–Crippen MR) is 109 cm³/mol. The van der Waals surface area contributed by atoms with Crippen LogP contribution in [0.4, 0.5) is 4.79 Å². The number of ether oxygens (including phenoxy) is 1. The first-order valence-corrected chi connectivity index (χ1v) is 10.4. The minimum atomic E-state index is -3.79. The van der Waals surface area contributed by atoms with Crippen LogP contribution in [-0.2, 0) is 26.1 Å². The van der Waals surface area contributed by atoms with Gasteiger partial charge in [0.05, 0.1) is 15.5 Å². The van der Waals surface area contributed by atoms with Gasteiger partial charge in [0.25, 0.3) is 5.91 Å². The molecule has 0 saturated carbocycles. The van der Waals surface area contributed by atoms with E-state index in [0.29, 0.717) is 0 Å². The lowest BCUT2D eigenvalue weighted by molar-refractivity contribution is -0.123. The molecule has 0 saturated heterocycles. The maximum Gasteiger partial charge on any atom is 0.340 e. The van der Waals surface area contributed by atoms with Gasteiger partial charge in [0.15, 0.2) is 6.61 Å². The summed E-state index contributed by atoms with van der Waals surface area (Å²) < 4.78 is 30.2. The number of esters is 1.